The third-order valence-corrected chi connectivity index (χ3v) is 1.51. The van der Waals surface area contributed by atoms with Crippen LogP contribution in [0.3, 0.4) is 0 Å². The molecule has 0 N–H and O–H groups in total. The van der Waals surface area contributed by atoms with Crippen LogP contribution in [0.1, 0.15) is 27.7 Å². The topological polar surface area (TPSA) is 15.6 Å². The van der Waals surface area contributed by atoms with E-state index in [1.54, 1.807) is 0 Å². The fourth-order valence-electron chi connectivity index (χ4n) is 0.705. The number of hydrogen-bond donors (Lipinski definition) is 0. The highest BCUT2D eigenvalue weighted by molar-refractivity contribution is 5.92. The summed E-state index contributed by atoms with van der Waals surface area (Å²) < 4.78 is 0. The molecule has 0 aliphatic carbocycles. The van der Waals surface area contributed by atoms with Gasteiger partial charge in [0.1, 0.15) is 0 Å². The van der Waals surface area contributed by atoms with Crippen molar-refractivity contribution < 1.29 is 0 Å². The predicted octanol–water partition coefficient (Wildman–Crippen LogP) is 2.53. The zero-order chi connectivity index (χ0) is 9.56. The van der Waals surface area contributed by atoms with E-state index in [0.29, 0.717) is 5.92 Å². The second kappa shape index (κ2) is 5.81. The average molecular weight is 168 g/mol. The molecule has 0 aliphatic rings. The van der Waals surface area contributed by atoms with Crippen LogP contribution >= 0.6 is 0 Å². The van der Waals surface area contributed by atoms with E-state index < -0.39 is 0 Å². The summed E-state index contributed by atoms with van der Waals surface area (Å²) >= 11 is 0. The average Bonchev–Trinajstić information content (AvgIpc) is 2.00. The Kier molecular flexibility index (Phi) is 5.43. The first kappa shape index (κ1) is 11.2. The highest BCUT2D eigenvalue weighted by Gasteiger charge is 1.89. The van der Waals surface area contributed by atoms with Crippen LogP contribution in [0.25, 0.3) is 0 Å². The van der Waals surface area contributed by atoms with Gasteiger partial charge in [-0.2, -0.15) is 5.10 Å². The van der Waals surface area contributed by atoms with Crippen LogP contribution < -0.4 is 0 Å². The summed E-state index contributed by atoms with van der Waals surface area (Å²) in [5, 5.41) is 6.26. The second-order valence-electron chi connectivity index (χ2n) is 3.32. The normalized spacial score (nSPS) is 13.0. The lowest BCUT2D eigenvalue weighted by atomic mass is 10.2. The van der Waals surface area contributed by atoms with E-state index in [0.717, 1.165) is 12.3 Å². The van der Waals surface area contributed by atoms with Crippen LogP contribution in [-0.2, 0) is 0 Å². The van der Waals surface area contributed by atoms with E-state index in [4.69, 9.17) is 0 Å². The summed E-state index contributed by atoms with van der Waals surface area (Å²) in [6.07, 6.45) is 4.22. The number of rotatable bonds is 4. The molecule has 0 saturated carbocycles. The summed E-state index contributed by atoms with van der Waals surface area (Å²) in [4.78, 5) is 0. The molecule has 0 atom stereocenters. The molecule has 0 bridgehead atoms. The molecular weight excluding hydrogens is 148 g/mol. The summed E-state index contributed by atoms with van der Waals surface area (Å²) in [5.74, 6) is 0.599. The zero-order valence-electron chi connectivity index (χ0n) is 8.83. The molecule has 2 nitrogen and oxygen atoms in total. The van der Waals surface area contributed by atoms with Crippen molar-refractivity contribution in [3.63, 3.8) is 0 Å². The van der Waals surface area contributed by atoms with Gasteiger partial charge in [-0.05, 0) is 25.8 Å². The van der Waals surface area contributed by atoms with Gasteiger partial charge in [-0.25, -0.2) is 0 Å². The Morgan fingerprint density at radius 3 is 2.50 bits per heavy atom. The van der Waals surface area contributed by atoms with Gasteiger partial charge < -0.3 is 5.01 Å². The maximum atomic E-state index is 4.33. The van der Waals surface area contributed by atoms with E-state index in [1.165, 1.54) is 0 Å². The van der Waals surface area contributed by atoms with Crippen molar-refractivity contribution in [2.45, 2.75) is 27.7 Å². The molecule has 0 aromatic rings. The molecule has 0 aromatic carbocycles. The van der Waals surface area contributed by atoms with Gasteiger partial charge in [-0.15, -0.1) is 0 Å². The van der Waals surface area contributed by atoms with E-state index >= 15 is 0 Å². The molecule has 2 heteroatoms. The second-order valence-corrected chi connectivity index (χ2v) is 3.32. The maximum absolute atomic E-state index is 4.33. The van der Waals surface area contributed by atoms with Gasteiger partial charge >= 0.3 is 0 Å². The van der Waals surface area contributed by atoms with Gasteiger partial charge in [-0.1, -0.05) is 19.9 Å². The molecule has 0 amide bonds. The lowest BCUT2D eigenvalue weighted by Gasteiger charge is -2.09. The summed E-state index contributed by atoms with van der Waals surface area (Å²) in [7, 11) is 1.98. The van der Waals surface area contributed by atoms with E-state index in [1.807, 2.05) is 19.0 Å². The molecule has 0 radical (unpaired) electrons. The summed E-state index contributed by atoms with van der Waals surface area (Å²) in [6, 6.07) is 0. The molecule has 0 rings (SSSR count). The Balaban J connectivity index is 4.01. The van der Waals surface area contributed by atoms with E-state index in [-0.39, 0.29) is 0 Å². The first-order valence-electron chi connectivity index (χ1n) is 4.50. The van der Waals surface area contributed by atoms with Crippen molar-refractivity contribution >= 4 is 5.71 Å². The maximum Gasteiger partial charge on any atom is 0.0571 e. The molecule has 12 heavy (non-hydrogen) atoms. The number of allylic oxidation sites excluding steroid dienone is 2. The number of hydrazone groups is 1. The fourth-order valence-corrected chi connectivity index (χ4v) is 0.705. The lowest BCUT2D eigenvalue weighted by molar-refractivity contribution is 0.375. The highest BCUT2D eigenvalue weighted by Crippen LogP contribution is 1.95. The van der Waals surface area contributed by atoms with Gasteiger partial charge in [-0.3, -0.25) is 0 Å². The van der Waals surface area contributed by atoms with Crippen molar-refractivity contribution in [3.05, 3.63) is 12.2 Å². The van der Waals surface area contributed by atoms with Crippen LogP contribution in [0.15, 0.2) is 17.3 Å². The van der Waals surface area contributed by atoms with E-state index in [9.17, 15) is 0 Å². The van der Waals surface area contributed by atoms with Crippen molar-refractivity contribution in [2.75, 3.05) is 13.6 Å². The summed E-state index contributed by atoms with van der Waals surface area (Å²) in [6.45, 7) is 9.38. The molecular formula is C10H20N2. The molecule has 0 spiro atoms. The molecule has 0 unspecified atom stereocenters. The van der Waals surface area contributed by atoms with Crippen LogP contribution in [0, 0.1) is 5.92 Å². The van der Waals surface area contributed by atoms with Crippen LogP contribution in [-0.4, -0.2) is 24.3 Å². The van der Waals surface area contributed by atoms with Gasteiger partial charge in [0.2, 0.25) is 0 Å². The fraction of sp³-hybridized carbons (Fsp3) is 0.700. The molecule has 70 valence electrons. The van der Waals surface area contributed by atoms with Crippen molar-refractivity contribution in [1.29, 1.82) is 0 Å². The number of nitrogens with zero attached hydrogens (tertiary/aromatic N) is 2. The minimum Gasteiger partial charge on any atom is -0.300 e. The molecule has 0 saturated heterocycles. The van der Waals surface area contributed by atoms with Gasteiger partial charge in [0, 0.05) is 13.6 Å². The Bertz CT molecular complexity index is 169. The summed E-state index contributed by atoms with van der Waals surface area (Å²) in [5.41, 5.74) is 1.06. The Labute approximate surface area is 76.0 Å². The minimum absolute atomic E-state index is 0.599. The van der Waals surface area contributed by atoms with Crippen molar-refractivity contribution in [3.8, 4) is 0 Å². The van der Waals surface area contributed by atoms with E-state index in [2.05, 4.69) is 38.0 Å². The molecule has 0 heterocycles. The Morgan fingerprint density at radius 1 is 1.50 bits per heavy atom. The smallest absolute Gasteiger partial charge is 0.0571 e. The zero-order valence-corrected chi connectivity index (χ0v) is 8.83. The Hall–Kier alpha value is -0.790. The first-order valence-corrected chi connectivity index (χ1v) is 4.50. The Morgan fingerprint density at radius 2 is 2.08 bits per heavy atom. The van der Waals surface area contributed by atoms with Crippen molar-refractivity contribution in [1.82, 2.24) is 5.01 Å². The third-order valence-electron chi connectivity index (χ3n) is 1.51. The van der Waals surface area contributed by atoms with Gasteiger partial charge in [0.25, 0.3) is 0 Å². The largest absolute Gasteiger partial charge is 0.300 e. The SMILES string of the molecule is CCN(C)/N=C(C)\C=C\C(C)C. The lowest BCUT2D eigenvalue weighted by Crippen LogP contribution is -2.11. The number of hydrogen-bond acceptors (Lipinski definition) is 2. The molecule has 0 aromatic heterocycles. The highest BCUT2D eigenvalue weighted by atomic mass is 15.4. The third kappa shape index (κ3) is 5.96. The van der Waals surface area contributed by atoms with Crippen molar-refractivity contribution in [2.24, 2.45) is 11.0 Å². The quantitative estimate of drug-likeness (QED) is 0.465. The standard InChI is InChI=1S/C10H20N2/c1-6-12(5)11-10(4)8-7-9(2)3/h7-9H,6H2,1-5H3/b8-7+,11-10-. The predicted molar refractivity (Wildman–Crippen MR) is 55.4 cm³/mol. The van der Waals surface area contributed by atoms with Crippen LogP contribution in [0.4, 0.5) is 0 Å². The first-order chi connectivity index (χ1) is 5.56. The van der Waals surface area contributed by atoms with Gasteiger partial charge in [0.05, 0.1) is 5.71 Å². The minimum atomic E-state index is 0.599. The molecule has 0 fully saturated rings. The van der Waals surface area contributed by atoms with Gasteiger partial charge in [0.15, 0.2) is 0 Å². The molecule has 0 aliphatic heterocycles. The van der Waals surface area contributed by atoms with Crippen LogP contribution in [0.2, 0.25) is 0 Å². The van der Waals surface area contributed by atoms with Crippen LogP contribution in [0.5, 0.6) is 0 Å². The monoisotopic (exact) mass is 168 g/mol.